The molecule has 3 N–H and O–H groups in total. The Kier molecular flexibility index (Phi) is 5.64. The molecule has 0 aliphatic heterocycles. The number of rotatable bonds is 6. The highest BCUT2D eigenvalue weighted by atomic mass is 16.3. The molecule has 1 atom stereocenters. The maximum absolute atomic E-state index is 12.2. The van der Waals surface area contributed by atoms with Gasteiger partial charge >= 0.3 is 0 Å². The van der Waals surface area contributed by atoms with Gasteiger partial charge in [-0.2, -0.15) is 0 Å². The zero-order valence-electron chi connectivity index (χ0n) is 13.9. The lowest BCUT2D eigenvalue weighted by Crippen LogP contribution is -2.38. The first-order valence-corrected chi connectivity index (χ1v) is 8.78. The normalized spacial score (nSPS) is 17.4. The monoisotopic (exact) mass is 327 g/mol. The molecule has 2 heterocycles. The van der Waals surface area contributed by atoms with Gasteiger partial charge in [0.25, 0.3) is 0 Å². The van der Waals surface area contributed by atoms with Gasteiger partial charge in [-0.3, -0.25) is 4.79 Å². The molecule has 0 aromatic carbocycles. The molecule has 1 fully saturated rings. The lowest BCUT2D eigenvalue weighted by molar-refractivity contribution is -0.117. The topological polar surface area (TPSA) is 78.0 Å². The van der Waals surface area contributed by atoms with E-state index in [1.165, 1.54) is 38.2 Å². The van der Waals surface area contributed by atoms with Gasteiger partial charge in [-0.05, 0) is 30.5 Å². The fourth-order valence-corrected chi connectivity index (χ4v) is 3.53. The molecule has 3 rings (SSSR count). The van der Waals surface area contributed by atoms with E-state index in [4.69, 9.17) is 0 Å². The van der Waals surface area contributed by atoms with Crippen LogP contribution in [0.4, 0.5) is 0 Å². The van der Waals surface area contributed by atoms with Gasteiger partial charge in [0.1, 0.15) is 5.65 Å². The summed E-state index contributed by atoms with van der Waals surface area (Å²) >= 11 is 0. The Hall–Kier alpha value is -2.14. The molecule has 2 aromatic rings. The van der Waals surface area contributed by atoms with Crippen molar-refractivity contribution >= 4 is 23.0 Å². The highest BCUT2D eigenvalue weighted by Crippen LogP contribution is 2.27. The van der Waals surface area contributed by atoms with Crippen molar-refractivity contribution < 1.29 is 9.90 Å². The number of carbonyl (C=O) groups excluding carboxylic acids is 1. The third-order valence-electron chi connectivity index (χ3n) is 4.81. The molecular formula is C19H25N3O2. The van der Waals surface area contributed by atoms with Crippen molar-refractivity contribution in [3.05, 3.63) is 36.2 Å². The predicted octanol–water partition coefficient (Wildman–Crippen LogP) is 3.02. The minimum atomic E-state index is -0.164. The van der Waals surface area contributed by atoms with Crippen molar-refractivity contribution in [2.24, 2.45) is 5.92 Å². The largest absolute Gasteiger partial charge is 0.394 e. The molecule has 0 saturated heterocycles. The third kappa shape index (κ3) is 4.23. The first kappa shape index (κ1) is 16.7. The molecule has 0 spiro atoms. The van der Waals surface area contributed by atoms with Crippen LogP contribution in [0.2, 0.25) is 0 Å². The van der Waals surface area contributed by atoms with E-state index in [1.54, 1.807) is 12.3 Å². The lowest BCUT2D eigenvalue weighted by atomic mass is 9.85. The summed E-state index contributed by atoms with van der Waals surface area (Å²) < 4.78 is 0. The van der Waals surface area contributed by atoms with Gasteiger partial charge in [0.05, 0.1) is 12.6 Å². The summed E-state index contributed by atoms with van der Waals surface area (Å²) in [5, 5.41) is 13.5. The van der Waals surface area contributed by atoms with Gasteiger partial charge in [-0.15, -0.1) is 0 Å². The highest BCUT2D eigenvalue weighted by Gasteiger charge is 2.19. The Bertz CT molecular complexity index is 701. The van der Waals surface area contributed by atoms with E-state index in [0.717, 1.165) is 23.0 Å². The number of pyridine rings is 1. The second kappa shape index (κ2) is 8.11. The maximum atomic E-state index is 12.2. The van der Waals surface area contributed by atoms with Crippen molar-refractivity contribution in [1.29, 1.82) is 0 Å². The van der Waals surface area contributed by atoms with E-state index in [1.807, 2.05) is 18.3 Å². The Morgan fingerprint density at radius 2 is 2.25 bits per heavy atom. The number of hydrogen-bond acceptors (Lipinski definition) is 3. The van der Waals surface area contributed by atoms with Crippen molar-refractivity contribution in [2.75, 3.05) is 6.61 Å². The van der Waals surface area contributed by atoms with Crippen molar-refractivity contribution in [3.63, 3.8) is 0 Å². The predicted molar refractivity (Wildman–Crippen MR) is 95.3 cm³/mol. The number of H-pyrrole nitrogens is 1. The summed E-state index contributed by atoms with van der Waals surface area (Å²) in [6.45, 7) is -0.00686. The van der Waals surface area contributed by atoms with E-state index in [-0.39, 0.29) is 18.6 Å². The second-order valence-electron chi connectivity index (χ2n) is 6.60. The van der Waals surface area contributed by atoms with Crippen LogP contribution in [-0.2, 0) is 4.79 Å². The Balaban J connectivity index is 1.57. The van der Waals surface area contributed by atoms with Gasteiger partial charge < -0.3 is 15.4 Å². The molecule has 0 unspecified atom stereocenters. The minimum Gasteiger partial charge on any atom is -0.394 e. The number of hydrogen-bond donors (Lipinski definition) is 3. The van der Waals surface area contributed by atoms with Crippen LogP contribution in [0.5, 0.6) is 0 Å². The molecule has 1 aliphatic rings. The molecule has 2 aromatic heterocycles. The molecular weight excluding hydrogens is 302 g/mol. The average molecular weight is 327 g/mol. The van der Waals surface area contributed by atoms with Gasteiger partial charge in [0.2, 0.25) is 5.91 Å². The number of carbonyl (C=O) groups is 1. The Morgan fingerprint density at radius 1 is 1.42 bits per heavy atom. The molecule has 1 aliphatic carbocycles. The number of aliphatic hydroxyl groups is 1. The molecule has 1 saturated carbocycles. The highest BCUT2D eigenvalue weighted by molar-refractivity contribution is 5.95. The van der Waals surface area contributed by atoms with Crippen LogP contribution < -0.4 is 5.32 Å². The van der Waals surface area contributed by atoms with E-state index in [0.29, 0.717) is 5.92 Å². The van der Waals surface area contributed by atoms with Crippen molar-refractivity contribution in [1.82, 2.24) is 15.3 Å². The molecule has 24 heavy (non-hydrogen) atoms. The van der Waals surface area contributed by atoms with Gasteiger partial charge in [-0.25, -0.2) is 4.98 Å². The van der Waals surface area contributed by atoms with Gasteiger partial charge in [0.15, 0.2) is 0 Å². The fourth-order valence-electron chi connectivity index (χ4n) is 3.53. The smallest absolute Gasteiger partial charge is 0.244 e. The van der Waals surface area contributed by atoms with E-state index in [2.05, 4.69) is 15.3 Å². The number of aliphatic hydroxyl groups excluding tert-OH is 1. The van der Waals surface area contributed by atoms with Gasteiger partial charge in [-0.1, -0.05) is 32.1 Å². The second-order valence-corrected chi connectivity index (χ2v) is 6.60. The van der Waals surface area contributed by atoms with Crippen LogP contribution in [0.15, 0.2) is 30.6 Å². The van der Waals surface area contributed by atoms with Crippen LogP contribution in [0, 0.1) is 5.92 Å². The zero-order valence-corrected chi connectivity index (χ0v) is 13.9. The summed E-state index contributed by atoms with van der Waals surface area (Å²) in [6, 6.07) is 3.69. The SMILES string of the molecule is O=C(C=Cc1c[nH]c2ncccc12)N[C@H](CO)CC1CCCCC1. The number of nitrogens with one attached hydrogen (secondary N) is 2. The summed E-state index contributed by atoms with van der Waals surface area (Å²) in [4.78, 5) is 19.5. The van der Waals surface area contributed by atoms with Crippen LogP contribution in [0.1, 0.15) is 44.1 Å². The molecule has 5 nitrogen and oxygen atoms in total. The first-order chi connectivity index (χ1) is 11.8. The molecule has 0 radical (unpaired) electrons. The van der Waals surface area contributed by atoms with Crippen molar-refractivity contribution in [2.45, 2.75) is 44.6 Å². The summed E-state index contributed by atoms with van der Waals surface area (Å²) in [7, 11) is 0. The molecule has 0 bridgehead atoms. The van der Waals surface area contributed by atoms with Crippen LogP contribution >= 0.6 is 0 Å². The van der Waals surface area contributed by atoms with E-state index >= 15 is 0 Å². The lowest BCUT2D eigenvalue weighted by Gasteiger charge is -2.25. The number of aromatic amines is 1. The number of amides is 1. The van der Waals surface area contributed by atoms with E-state index in [9.17, 15) is 9.90 Å². The van der Waals surface area contributed by atoms with Crippen LogP contribution in [-0.4, -0.2) is 33.6 Å². The molecule has 5 heteroatoms. The Morgan fingerprint density at radius 3 is 3.04 bits per heavy atom. The van der Waals surface area contributed by atoms with Crippen molar-refractivity contribution in [3.8, 4) is 0 Å². The Labute approximate surface area is 142 Å². The quantitative estimate of drug-likeness (QED) is 0.714. The fraction of sp³-hybridized carbons (Fsp3) is 0.474. The average Bonchev–Trinajstić information content (AvgIpc) is 3.03. The van der Waals surface area contributed by atoms with Gasteiger partial charge in [0, 0.05) is 29.4 Å². The summed E-state index contributed by atoms with van der Waals surface area (Å²) in [6.07, 6.45) is 14.0. The number of fused-ring (bicyclic) bond motifs is 1. The van der Waals surface area contributed by atoms with Crippen LogP contribution in [0.25, 0.3) is 17.1 Å². The standard InChI is InChI=1S/C19H25N3O2/c23-13-16(11-14-5-2-1-3-6-14)22-18(24)9-8-15-12-21-19-17(15)7-4-10-20-19/h4,7-10,12,14,16,23H,1-3,5-6,11,13H2,(H,20,21)(H,22,24)/t16-/m0/s1. The zero-order chi connectivity index (χ0) is 16.8. The maximum Gasteiger partial charge on any atom is 0.244 e. The summed E-state index contributed by atoms with van der Waals surface area (Å²) in [5.41, 5.74) is 1.74. The van der Waals surface area contributed by atoms with E-state index < -0.39 is 0 Å². The molecule has 128 valence electrons. The number of nitrogens with zero attached hydrogens (tertiary/aromatic N) is 1. The first-order valence-electron chi connectivity index (χ1n) is 8.78. The minimum absolute atomic E-state index is 0.00686. The third-order valence-corrected chi connectivity index (χ3v) is 4.81. The molecule has 1 amide bonds. The number of aromatic nitrogens is 2. The van der Waals surface area contributed by atoms with Crippen LogP contribution in [0.3, 0.4) is 0 Å². The summed E-state index contributed by atoms with van der Waals surface area (Å²) in [5.74, 6) is 0.461.